The second-order valence-corrected chi connectivity index (χ2v) is 5.44. The Morgan fingerprint density at radius 2 is 1.95 bits per heavy atom. The van der Waals surface area contributed by atoms with E-state index in [0.29, 0.717) is 11.2 Å². The summed E-state index contributed by atoms with van der Waals surface area (Å²) < 4.78 is 29.7. The number of hydrogen-bond donors (Lipinski definition) is 1. The van der Waals surface area contributed by atoms with Gasteiger partial charge in [0.15, 0.2) is 11.6 Å². The van der Waals surface area contributed by atoms with Crippen molar-refractivity contribution in [3.63, 3.8) is 0 Å². The van der Waals surface area contributed by atoms with Crippen molar-refractivity contribution in [3.05, 3.63) is 52.0 Å². The van der Waals surface area contributed by atoms with E-state index >= 15 is 0 Å². The van der Waals surface area contributed by atoms with Crippen LogP contribution >= 0.6 is 15.9 Å². The van der Waals surface area contributed by atoms with Crippen molar-refractivity contribution < 1.29 is 8.78 Å². The molecular weight excluding hydrogens is 328 g/mol. The Morgan fingerprint density at radius 1 is 1.20 bits per heavy atom. The number of aromatic nitrogens is 2. The van der Waals surface area contributed by atoms with E-state index in [0.717, 1.165) is 16.1 Å². The van der Waals surface area contributed by atoms with E-state index in [1.807, 2.05) is 19.1 Å². The van der Waals surface area contributed by atoms with Gasteiger partial charge in [-0.3, -0.25) is 4.57 Å². The molecule has 0 saturated heterocycles. The monoisotopic (exact) mass is 337 g/mol. The Labute approximate surface area is 122 Å². The fourth-order valence-electron chi connectivity index (χ4n) is 2.23. The summed E-state index contributed by atoms with van der Waals surface area (Å²) in [6.07, 6.45) is 0. The molecular formula is C14H10BrF2N3. The minimum Gasteiger partial charge on any atom is -0.369 e. The molecule has 3 rings (SSSR count). The van der Waals surface area contributed by atoms with Crippen LogP contribution < -0.4 is 5.73 Å². The lowest BCUT2D eigenvalue weighted by molar-refractivity contribution is 0.514. The van der Waals surface area contributed by atoms with Gasteiger partial charge in [0.2, 0.25) is 5.95 Å². The van der Waals surface area contributed by atoms with Crippen LogP contribution in [0.1, 0.15) is 5.56 Å². The predicted molar refractivity (Wildman–Crippen MR) is 77.8 cm³/mol. The summed E-state index contributed by atoms with van der Waals surface area (Å²) in [6.45, 7) is 1.90. The quantitative estimate of drug-likeness (QED) is 0.730. The van der Waals surface area contributed by atoms with E-state index in [4.69, 9.17) is 5.73 Å². The van der Waals surface area contributed by atoms with Crippen LogP contribution in [-0.2, 0) is 0 Å². The van der Waals surface area contributed by atoms with Gasteiger partial charge in [-0.15, -0.1) is 0 Å². The summed E-state index contributed by atoms with van der Waals surface area (Å²) in [4.78, 5) is 4.07. The highest BCUT2D eigenvalue weighted by Crippen LogP contribution is 2.28. The lowest BCUT2D eigenvalue weighted by atomic mass is 10.2. The highest BCUT2D eigenvalue weighted by molar-refractivity contribution is 9.10. The summed E-state index contributed by atoms with van der Waals surface area (Å²) in [7, 11) is 0. The second kappa shape index (κ2) is 4.56. The normalized spacial score (nSPS) is 11.2. The average molecular weight is 338 g/mol. The molecule has 2 aromatic carbocycles. The SMILES string of the molecule is Cc1cc(Br)cc(-n2c(N)nc3ccc(F)c(F)c32)c1. The molecule has 0 unspecified atom stereocenters. The molecule has 2 N–H and O–H groups in total. The van der Waals surface area contributed by atoms with Gasteiger partial charge in [-0.2, -0.15) is 0 Å². The third-order valence-electron chi connectivity index (χ3n) is 3.02. The number of rotatable bonds is 1. The number of aryl methyl sites for hydroxylation is 1. The van der Waals surface area contributed by atoms with E-state index in [-0.39, 0.29) is 11.5 Å². The smallest absolute Gasteiger partial charge is 0.206 e. The van der Waals surface area contributed by atoms with Crippen LogP contribution in [0.15, 0.2) is 34.8 Å². The standard InChI is InChI=1S/C14H10BrF2N3/c1-7-4-8(15)6-9(5-7)20-13-11(19-14(20)18)3-2-10(16)12(13)17/h2-6H,1H3,(H2,18,19). The van der Waals surface area contributed by atoms with Gasteiger partial charge in [0.05, 0.1) is 11.2 Å². The van der Waals surface area contributed by atoms with Crippen molar-refractivity contribution in [1.29, 1.82) is 0 Å². The predicted octanol–water partition coefficient (Wildman–Crippen LogP) is 3.96. The maximum absolute atomic E-state index is 14.1. The number of fused-ring (bicyclic) bond motifs is 1. The number of nitrogen functional groups attached to an aromatic ring is 1. The maximum Gasteiger partial charge on any atom is 0.206 e. The molecule has 6 heteroatoms. The van der Waals surface area contributed by atoms with Crippen molar-refractivity contribution >= 4 is 32.9 Å². The summed E-state index contributed by atoms with van der Waals surface area (Å²) in [5.41, 5.74) is 7.80. The third kappa shape index (κ3) is 1.96. The molecule has 20 heavy (non-hydrogen) atoms. The van der Waals surface area contributed by atoms with Crippen LogP contribution in [-0.4, -0.2) is 9.55 Å². The zero-order chi connectivity index (χ0) is 14.4. The molecule has 0 aliphatic heterocycles. The van der Waals surface area contributed by atoms with Crippen LogP contribution in [0, 0.1) is 18.6 Å². The van der Waals surface area contributed by atoms with Crippen molar-refractivity contribution in [2.24, 2.45) is 0 Å². The lowest BCUT2D eigenvalue weighted by Crippen LogP contribution is -2.02. The molecule has 0 saturated carbocycles. The van der Waals surface area contributed by atoms with Gasteiger partial charge in [0.25, 0.3) is 0 Å². The van der Waals surface area contributed by atoms with Crippen LogP contribution in [0.2, 0.25) is 0 Å². The number of anilines is 1. The van der Waals surface area contributed by atoms with Gasteiger partial charge >= 0.3 is 0 Å². The molecule has 0 aliphatic rings. The molecule has 0 fully saturated rings. The van der Waals surface area contributed by atoms with Gasteiger partial charge in [0, 0.05) is 4.47 Å². The largest absolute Gasteiger partial charge is 0.369 e. The Bertz CT molecular complexity index is 807. The average Bonchev–Trinajstić information content (AvgIpc) is 2.70. The Balaban J connectivity index is 2.41. The van der Waals surface area contributed by atoms with Gasteiger partial charge in [-0.25, -0.2) is 13.8 Å². The van der Waals surface area contributed by atoms with Crippen LogP contribution in [0.25, 0.3) is 16.7 Å². The second-order valence-electron chi connectivity index (χ2n) is 4.52. The molecule has 3 aromatic rings. The topological polar surface area (TPSA) is 43.8 Å². The minimum absolute atomic E-state index is 0.0417. The molecule has 0 spiro atoms. The Morgan fingerprint density at radius 3 is 2.65 bits per heavy atom. The van der Waals surface area contributed by atoms with Gasteiger partial charge in [-0.1, -0.05) is 15.9 Å². The van der Waals surface area contributed by atoms with Crippen molar-refractivity contribution in [2.45, 2.75) is 6.92 Å². The van der Waals surface area contributed by atoms with E-state index in [2.05, 4.69) is 20.9 Å². The summed E-state index contributed by atoms with van der Waals surface area (Å²) in [5, 5.41) is 0. The minimum atomic E-state index is -0.954. The first-order valence-electron chi connectivity index (χ1n) is 5.87. The molecule has 0 atom stereocenters. The summed E-state index contributed by atoms with van der Waals surface area (Å²) >= 11 is 3.38. The van der Waals surface area contributed by atoms with Gasteiger partial charge in [0.1, 0.15) is 5.52 Å². The fraction of sp³-hybridized carbons (Fsp3) is 0.0714. The van der Waals surface area contributed by atoms with Crippen LogP contribution in [0.4, 0.5) is 14.7 Å². The summed E-state index contributed by atoms with van der Waals surface area (Å²) in [6, 6.07) is 7.96. The zero-order valence-electron chi connectivity index (χ0n) is 10.5. The first-order chi connectivity index (χ1) is 9.47. The van der Waals surface area contributed by atoms with Crippen LogP contribution in [0.3, 0.4) is 0 Å². The third-order valence-corrected chi connectivity index (χ3v) is 3.48. The Kier molecular flexibility index (Phi) is 2.97. The molecule has 1 heterocycles. The molecule has 3 nitrogen and oxygen atoms in total. The van der Waals surface area contributed by atoms with Crippen molar-refractivity contribution in [3.8, 4) is 5.69 Å². The summed E-state index contributed by atoms with van der Waals surface area (Å²) in [5.74, 6) is -1.77. The Hall–Kier alpha value is -1.95. The van der Waals surface area contributed by atoms with E-state index in [9.17, 15) is 8.78 Å². The number of halogens is 3. The molecule has 0 bridgehead atoms. The highest BCUT2D eigenvalue weighted by Gasteiger charge is 2.17. The van der Waals surface area contributed by atoms with Crippen molar-refractivity contribution in [2.75, 3.05) is 5.73 Å². The number of hydrogen-bond acceptors (Lipinski definition) is 2. The van der Waals surface area contributed by atoms with Gasteiger partial charge in [-0.05, 0) is 42.8 Å². The molecule has 102 valence electrons. The van der Waals surface area contributed by atoms with Crippen LogP contribution in [0.5, 0.6) is 0 Å². The molecule has 0 amide bonds. The van der Waals surface area contributed by atoms with E-state index in [1.165, 1.54) is 10.6 Å². The lowest BCUT2D eigenvalue weighted by Gasteiger charge is -2.09. The zero-order valence-corrected chi connectivity index (χ0v) is 12.1. The molecule has 1 aromatic heterocycles. The number of nitrogens with zero attached hydrogens (tertiary/aromatic N) is 2. The number of nitrogens with two attached hydrogens (primary N) is 1. The molecule has 0 aliphatic carbocycles. The van der Waals surface area contributed by atoms with E-state index in [1.54, 1.807) is 6.07 Å². The maximum atomic E-state index is 14.1. The number of imidazole rings is 1. The van der Waals surface area contributed by atoms with E-state index < -0.39 is 11.6 Å². The van der Waals surface area contributed by atoms with Crippen molar-refractivity contribution in [1.82, 2.24) is 9.55 Å². The highest BCUT2D eigenvalue weighted by atomic mass is 79.9. The van der Waals surface area contributed by atoms with Gasteiger partial charge < -0.3 is 5.73 Å². The first kappa shape index (κ1) is 13.1. The first-order valence-corrected chi connectivity index (χ1v) is 6.66. The fourth-order valence-corrected chi connectivity index (χ4v) is 2.82. The number of benzene rings is 2. The molecule has 0 radical (unpaired) electrons.